The molecule has 1 amide bonds. The number of benzene rings is 2. The molecule has 0 unspecified atom stereocenters. The van der Waals surface area contributed by atoms with E-state index in [-0.39, 0.29) is 36.2 Å². The van der Waals surface area contributed by atoms with Gasteiger partial charge in [-0.05, 0) is 56.0 Å². The molecule has 6 nitrogen and oxygen atoms in total. The molecule has 34 heavy (non-hydrogen) atoms. The molecule has 2 aromatic carbocycles. The zero-order valence-corrected chi connectivity index (χ0v) is 20.4. The molecule has 2 heterocycles. The van der Waals surface area contributed by atoms with E-state index < -0.39 is 15.8 Å². The minimum absolute atomic E-state index is 0.0346. The fraction of sp³-hybridized carbons (Fsp3) is 0.500. The van der Waals surface area contributed by atoms with Crippen molar-refractivity contribution in [1.82, 2.24) is 14.5 Å². The summed E-state index contributed by atoms with van der Waals surface area (Å²) in [7, 11) is -3.62. The van der Waals surface area contributed by atoms with Crippen molar-refractivity contribution in [3.63, 3.8) is 0 Å². The molecule has 0 spiro atoms. The van der Waals surface area contributed by atoms with E-state index in [1.807, 2.05) is 12.1 Å². The third kappa shape index (κ3) is 6.64. The zero-order chi connectivity index (χ0) is 24.0. The lowest BCUT2D eigenvalue weighted by molar-refractivity contribution is -0.126. The second-order valence-corrected chi connectivity index (χ2v) is 11.4. The van der Waals surface area contributed by atoms with Crippen molar-refractivity contribution in [3.8, 4) is 0 Å². The highest BCUT2D eigenvalue weighted by Crippen LogP contribution is 2.23. The van der Waals surface area contributed by atoms with Gasteiger partial charge in [0.2, 0.25) is 15.9 Å². The minimum Gasteiger partial charge on any atom is -0.352 e. The molecule has 4 rings (SSSR count). The fourth-order valence-corrected chi connectivity index (χ4v) is 6.42. The highest BCUT2D eigenvalue weighted by molar-refractivity contribution is 7.88. The summed E-state index contributed by atoms with van der Waals surface area (Å²) in [6.45, 7) is 4.27. The average molecular weight is 488 g/mol. The molecule has 0 atom stereocenters. The second-order valence-electron chi connectivity index (χ2n) is 9.40. The Morgan fingerprint density at radius 3 is 2.38 bits per heavy atom. The second kappa shape index (κ2) is 11.4. The molecule has 0 bridgehead atoms. The summed E-state index contributed by atoms with van der Waals surface area (Å²) in [5.41, 5.74) is 2.51. The quantitative estimate of drug-likeness (QED) is 0.617. The third-order valence-corrected chi connectivity index (χ3v) is 8.65. The first kappa shape index (κ1) is 24.8. The largest absolute Gasteiger partial charge is 0.352 e. The van der Waals surface area contributed by atoms with Crippen molar-refractivity contribution in [2.75, 3.05) is 26.2 Å². The number of halogens is 1. The maximum absolute atomic E-state index is 13.9. The number of hydrogen-bond acceptors (Lipinski definition) is 4. The zero-order valence-electron chi connectivity index (χ0n) is 19.6. The highest BCUT2D eigenvalue weighted by Gasteiger charge is 2.31. The number of hydrogen-bond donors (Lipinski definition) is 1. The Bertz CT molecular complexity index is 1080. The number of piperidine rings is 2. The van der Waals surface area contributed by atoms with E-state index in [0.717, 1.165) is 25.2 Å². The topological polar surface area (TPSA) is 69.7 Å². The molecule has 2 aliphatic heterocycles. The lowest BCUT2D eigenvalue weighted by atomic mass is 9.97. The number of nitrogens with zero attached hydrogens (tertiary/aromatic N) is 2. The summed E-state index contributed by atoms with van der Waals surface area (Å²) in [5, 5.41) is 3.03. The number of carbonyl (C=O) groups is 1. The van der Waals surface area contributed by atoms with Gasteiger partial charge >= 0.3 is 0 Å². The Labute approximate surface area is 202 Å². The molecule has 184 valence electrons. The van der Waals surface area contributed by atoms with Gasteiger partial charge in [0.25, 0.3) is 0 Å². The van der Waals surface area contributed by atoms with Crippen LogP contribution in [-0.4, -0.2) is 49.7 Å². The van der Waals surface area contributed by atoms with Crippen LogP contribution in [0.25, 0.3) is 0 Å². The van der Waals surface area contributed by atoms with Crippen LogP contribution in [0.2, 0.25) is 0 Å². The maximum atomic E-state index is 13.9. The summed E-state index contributed by atoms with van der Waals surface area (Å²) in [5.74, 6) is -1.12. The number of likely N-dealkylation sites (tertiary alicyclic amines) is 1. The van der Waals surface area contributed by atoms with Gasteiger partial charge in [-0.1, -0.05) is 48.9 Å². The Morgan fingerprint density at radius 2 is 1.65 bits per heavy atom. The predicted molar refractivity (Wildman–Crippen MR) is 131 cm³/mol. The standard InChI is InChI=1S/C26H34FN3O3S/c27-25-10-3-2-9-24(25)20-34(32,33)30-15-11-23(12-16-30)26(31)28-18-21-7-6-8-22(17-21)19-29-13-4-1-5-14-29/h2-3,6-10,17,23H,1,4-5,11-16,18-20H2,(H,28,31). The smallest absolute Gasteiger partial charge is 0.223 e. The maximum Gasteiger partial charge on any atom is 0.223 e. The van der Waals surface area contributed by atoms with E-state index in [4.69, 9.17) is 0 Å². The minimum atomic E-state index is -3.62. The van der Waals surface area contributed by atoms with Gasteiger partial charge in [0.05, 0.1) is 5.75 Å². The summed E-state index contributed by atoms with van der Waals surface area (Å²) >= 11 is 0. The van der Waals surface area contributed by atoms with Crippen molar-refractivity contribution in [2.45, 2.75) is 50.9 Å². The first-order chi connectivity index (χ1) is 16.4. The highest BCUT2D eigenvalue weighted by atomic mass is 32.2. The Kier molecular flexibility index (Phi) is 8.34. The van der Waals surface area contributed by atoms with Gasteiger partial charge in [0.1, 0.15) is 5.82 Å². The molecule has 2 aromatic rings. The van der Waals surface area contributed by atoms with Crippen LogP contribution in [-0.2, 0) is 33.7 Å². The lowest BCUT2D eigenvalue weighted by Gasteiger charge is -2.30. The fourth-order valence-electron chi connectivity index (χ4n) is 4.85. The molecule has 0 saturated carbocycles. The number of nitrogens with one attached hydrogen (secondary N) is 1. The van der Waals surface area contributed by atoms with E-state index in [9.17, 15) is 17.6 Å². The monoisotopic (exact) mass is 487 g/mol. The molecule has 0 aromatic heterocycles. The first-order valence-electron chi connectivity index (χ1n) is 12.2. The van der Waals surface area contributed by atoms with Crippen LogP contribution in [0.3, 0.4) is 0 Å². The summed E-state index contributed by atoms with van der Waals surface area (Å²) in [4.78, 5) is 15.2. The molecular weight excluding hydrogens is 453 g/mol. The summed E-state index contributed by atoms with van der Waals surface area (Å²) < 4.78 is 40.7. The van der Waals surface area contributed by atoms with Gasteiger partial charge in [-0.2, -0.15) is 0 Å². The normalized spacial score (nSPS) is 18.6. The number of sulfonamides is 1. The van der Waals surface area contributed by atoms with Gasteiger partial charge in [0, 0.05) is 37.7 Å². The predicted octanol–water partition coefficient (Wildman–Crippen LogP) is 3.67. The van der Waals surface area contributed by atoms with Crippen molar-refractivity contribution in [1.29, 1.82) is 0 Å². The SMILES string of the molecule is O=C(NCc1cccc(CN2CCCCC2)c1)C1CCN(S(=O)(=O)Cc2ccccc2F)CC1. The van der Waals surface area contributed by atoms with Crippen molar-refractivity contribution in [2.24, 2.45) is 5.92 Å². The van der Waals surface area contributed by atoms with E-state index in [1.54, 1.807) is 12.1 Å². The van der Waals surface area contributed by atoms with Crippen LogP contribution in [0, 0.1) is 11.7 Å². The summed E-state index contributed by atoms with van der Waals surface area (Å²) in [6.07, 6.45) is 4.78. The van der Waals surface area contributed by atoms with E-state index in [1.165, 1.54) is 41.3 Å². The Morgan fingerprint density at radius 1 is 0.941 bits per heavy atom. The van der Waals surface area contributed by atoms with Gasteiger partial charge in [-0.25, -0.2) is 17.1 Å². The number of carbonyl (C=O) groups excluding carboxylic acids is 1. The van der Waals surface area contributed by atoms with Crippen LogP contribution >= 0.6 is 0 Å². The Hall–Kier alpha value is -2.29. The first-order valence-corrected chi connectivity index (χ1v) is 13.8. The molecule has 2 fully saturated rings. The number of amides is 1. The van der Waals surface area contributed by atoms with Gasteiger partial charge in [0.15, 0.2) is 0 Å². The van der Waals surface area contributed by atoms with Crippen molar-refractivity contribution < 1.29 is 17.6 Å². The van der Waals surface area contributed by atoms with Crippen LogP contribution < -0.4 is 5.32 Å². The molecule has 2 aliphatic rings. The van der Waals surface area contributed by atoms with Gasteiger partial charge in [-0.15, -0.1) is 0 Å². The molecule has 1 N–H and O–H groups in total. The lowest BCUT2D eigenvalue weighted by Crippen LogP contribution is -2.43. The van der Waals surface area contributed by atoms with Crippen LogP contribution in [0.4, 0.5) is 4.39 Å². The van der Waals surface area contributed by atoms with Crippen LogP contribution in [0.1, 0.15) is 48.8 Å². The van der Waals surface area contributed by atoms with E-state index >= 15 is 0 Å². The van der Waals surface area contributed by atoms with Crippen molar-refractivity contribution >= 4 is 15.9 Å². The van der Waals surface area contributed by atoms with E-state index in [2.05, 4.69) is 22.3 Å². The number of rotatable bonds is 8. The molecule has 0 radical (unpaired) electrons. The molecule has 8 heteroatoms. The third-order valence-electron chi connectivity index (χ3n) is 6.83. The van der Waals surface area contributed by atoms with E-state index in [0.29, 0.717) is 19.4 Å². The molecule has 2 saturated heterocycles. The van der Waals surface area contributed by atoms with Gasteiger partial charge < -0.3 is 5.32 Å². The Balaban J connectivity index is 1.24. The van der Waals surface area contributed by atoms with Crippen molar-refractivity contribution in [3.05, 3.63) is 71.0 Å². The molecular formula is C26H34FN3O3S. The van der Waals surface area contributed by atoms with Crippen LogP contribution in [0.5, 0.6) is 0 Å². The molecule has 0 aliphatic carbocycles. The average Bonchev–Trinajstić information content (AvgIpc) is 2.85. The van der Waals surface area contributed by atoms with Crippen LogP contribution in [0.15, 0.2) is 48.5 Å². The van der Waals surface area contributed by atoms with Gasteiger partial charge in [-0.3, -0.25) is 9.69 Å². The summed E-state index contributed by atoms with van der Waals surface area (Å²) in [6, 6.07) is 14.3.